The van der Waals surface area contributed by atoms with Crippen molar-refractivity contribution < 1.29 is 18.7 Å². The molecule has 1 fully saturated rings. The number of fused-ring (bicyclic) bond motifs is 2. The summed E-state index contributed by atoms with van der Waals surface area (Å²) in [4.78, 5) is 36.5. The fourth-order valence-corrected chi connectivity index (χ4v) is 3.95. The van der Waals surface area contributed by atoms with Crippen LogP contribution in [0.2, 0.25) is 0 Å². The number of esters is 1. The van der Waals surface area contributed by atoms with Crippen molar-refractivity contribution in [3.63, 3.8) is 0 Å². The van der Waals surface area contributed by atoms with E-state index in [1.165, 1.54) is 17.2 Å². The molecule has 3 aromatic rings. The van der Waals surface area contributed by atoms with Crippen LogP contribution >= 0.6 is 0 Å². The largest absolute Gasteiger partial charge is 0.457 e. The second kappa shape index (κ2) is 7.44. The number of aryl methyl sites for hydroxylation is 2. The third-order valence-corrected chi connectivity index (χ3v) is 5.72. The highest BCUT2D eigenvalue weighted by Gasteiger charge is 2.29. The van der Waals surface area contributed by atoms with Gasteiger partial charge in [-0.3, -0.25) is 4.79 Å². The zero-order valence-electron chi connectivity index (χ0n) is 16.4. The minimum atomic E-state index is -0.514. The predicted octanol–water partition coefficient (Wildman–Crippen LogP) is 3.99. The number of nitrogens with one attached hydrogen (secondary N) is 1. The highest BCUT2D eigenvalue weighted by atomic mass is 16.5. The van der Waals surface area contributed by atoms with Crippen molar-refractivity contribution >= 4 is 28.5 Å². The van der Waals surface area contributed by atoms with Crippen LogP contribution in [0.3, 0.4) is 0 Å². The molecule has 0 spiro atoms. The smallest absolute Gasteiger partial charge is 0.338 e. The van der Waals surface area contributed by atoms with E-state index in [9.17, 15) is 14.4 Å². The summed E-state index contributed by atoms with van der Waals surface area (Å²) in [7, 11) is 0. The van der Waals surface area contributed by atoms with Gasteiger partial charge < -0.3 is 14.5 Å². The molecule has 1 heterocycles. The molecule has 5 rings (SSSR count). The molecule has 2 aromatic carbocycles. The molecular weight excluding hydrogens is 382 g/mol. The van der Waals surface area contributed by atoms with Crippen LogP contribution in [0.15, 0.2) is 51.7 Å². The van der Waals surface area contributed by atoms with E-state index in [0.717, 1.165) is 37.5 Å². The fourth-order valence-electron chi connectivity index (χ4n) is 3.95. The average molecular weight is 403 g/mol. The minimum Gasteiger partial charge on any atom is -0.457 e. The Balaban J connectivity index is 1.34. The molecule has 1 saturated carbocycles. The van der Waals surface area contributed by atoms with Gasteiger partial charge in [0.25, 0.3) is 0 Å². The van der Waals surface area contributed by atoms with Crippen molar-refractivity contribution in [2.75, 3.05) is 5.32 Å². The van der Waals surface area contributed by atoms with E-state index in [1.807, 2.05) is 12.1 Å². The van der Waals surface area contributed by atoms with Crippen LogP contribution in [0.25, 0.3) is 11.0 Å². The monoisotopic (exact) mass is 403 g/mol. The Kier molecular flexibility index (Phi) is 4.62. The molecule has 6 heteroatoms. The van der Waals surface area contributed by atoms with Gasteiger partial charge in [0.15, 0.2) is 0 Å². The Morgan fingerprint density at radius 3 is 2.67 bits per heavy atom. The number of ether oxygens (including phenoxy) is 1. The molecule has 0 unspecified atom stereocenters. The van der Waals surface area contributed by atoms with E-state index in [0.29, 0.717) is 22.4 Å². The van der Waals surface area contributed by atoms with Crippen LogP contribution in [0.5, 0.6) is 0 Å². The number of hydrogen-bond donors (Lipinski definition) is 1. The van der Waals surface area contributed by atoms with Gasteiger partial charge in [-0.05, 0) is 73.6 Å². The Morgan fingerprint density at radius 1 is 1.07 bits per heavy atom. The Labute approximate surface area is 172 Å². The quantitative estimate of drug-likeness (QED) is 0.514. The molecule has 0 aliphatic heterocycles. The molecule has 0 atom stereocenters. The molecule has 152 valence electrons. The van der Waals surface area contributed by atoms with E-state index < -0.39 is 11.6 Å². The number of carbonyl (C=O) groups excluding carboxylic acids is 2. The van der Waals surface area contributed by atoms with Crippen molar-refractivity contribution in [3.05, 3.63) is 75.1 Å². The zero-order chi connectivity index (χ0) is 20.7. The van der Waals surface area contributed by atoms with E-state index in [2.05, 4.69) is 5.32 Å². The summed E-state index contributed by atoms with van der Waals surface area (Å²) in [6, 6.07) is 12.0. The second-order valence-corrected chi connectivity index (χ2v) is 7.98. The maximum absolute atomic E-state index is 12.6. The molecule has 2 aliphatic carbocycles. The van der Waals surface area contributed by atoms with Gasteiger partial charge in [0, 0.05) is 28.6 Å². The lowest BCUT2D eigenvalue weighted by Gasteiger charge is -2.10. The van der Waals surface area contributed by atoms with Crippen molar-refractivity contribution in [2.45, 2.75) is 38.7 Å². The van der Waals surface area contributed by atoms with Gasteiger partial charge in [-0.2, -0.15) is 0 Å². The van der Waals surface area contributed by atoms with Gasteiger partial charge >= 0.3 is 11.6 Å². The maximum Gasteiger partial charge on any atom is 0.338 e. The van der Waals surface area contributed by atoms with Gasteiger partial charge in [-0.1, -0.05) is 6.07 Å². The van der Waals surface area contributed by atoms with Crippen molar-refractivity contribution in [2.24, 2.45) is 5.92 Å². The fraction of sp³-hybridized carbons (Fsp3) is 0.292. The first kappa shape index (κ1) is 18.6. The molecule has 0 bridgehead atoms. The first-order valence-corrected chi connectivity index (χ1v) is 10.2. The topological polar surface area (TPSA) is 85.6 Å². The SMILES string of the molecule is O=C(OCc1cc(=O)oc2cc3c(cc12)CCC3)c1cccc(NC(=O)C2CC2)c1. The molecule has 1 N–H and O–H groups in total. The van der Waals surface area contributed by atoms with E-state index in [-0.39, 0.29) is 18.4 Å². The summed E-state index contributed by atoms with van der Waals surface area (Å²) >= 11 is 0. The zero-order valence-corrected chi connectivity index (χ0v) is 16.4. The lowest BCUT2D eigenvalue weighted by Crippen LogP contribution is -2.14. The van der Waals surface area contributed by atoms with Crippen molar-refractivity contribution in [1.29, 1.82) is 0 Å². The highest BCUT2D eigenvalue weighted by Crippen LogP contribution is 2.31. The standard InChI is InChI=1S/C24H21NO5/c26-22-12-18(20-10-15-3-1-4-16(15)11-21(20)30-22)13-29-24(28)17-5-2-6-19(9-17)25-23(27)14-7-8-14/h2,5-6,9-12,14H,1,3-4,7-8,13H2,(H,25,27). The number of carbonyl (C=O) groups is 2. The molecule has 2 aliphatic rings. The first-order valence-electron chi connectivity index (χ1n) is 10.2. The van der Waals surface area contributed by atoms with E-state index in [4.69, 9.17) is 9.15 Å². The Morgan fingerprint density at radius 2 is 1.87 bits per heavy atom. The van der Waals surface area contributed by atoms with Crippen molar-refractivity contribution in [1.82, 2.24) is 0 Å². The molecule has 6 nitrogen and oxygen atoms in total. The Hall–Kier alpha value is -3.41. The third kappa shape index (κ3) is 3.73. The predicted molar refractivity (Wildman–Crippen MR) is 111 cm³/mol. The summed E-state index contributed by atoms with van der Waals surface area (Å²) in [6.45, 7) is -0.0294. The van der Waals surface area contributed by atoms with Crippen LogP contribution in [0, 0.1) is 5.92 Å². The van der Waals surface area contributed by atoms with Crippen LogP contribution in [-0.2, 0) is 29.0 Å². The van der Waals surface area contributed by atoms with Crippen LogP contribution < -0.4 is 10.9 Å². The van der Waals surface area contributed by atoms with Gasteiger partial charge in [0.1, 0.15) is 12.2 Å². The summed E-state index contributed by atoms with van der Waals surface area (Å²) < 4.78 is 10.8. The number of benzene rings is 2. The first-order chi connectivity index (χ1) is 14.6. The van der Waals surface area contributed by atoms with Gasteiger partial charge in [0.05, 0.1) is 5.56 Å². The lowest BCUT2D eigenvalue weighted by molar-refractivity contribution is -0.117. The van der Waals surface area contributed by atoms with Gasteiger partial charge in [0.2, 0.25) is 5.91 Å². The molecule has 0 saturated heterocycles. The average Bonchev–Trinajstić information content (AvgIpc) is 3.49. The van der Waals surface area contributed by atoms with Gasteiger partial charge in [-0.25, -0.2) is 9.59 Å². The molecule has 30 heavy (non-hydrogen) atoms. The minimum absolute atomic E-state index is 0.0180. The number of hydrogen-bond acceptors (Lipinski definition) is 5. The number of rotatable bonds is 5. The number of anilines is 1. The summed E-state index contributed by atoms with van der Waals surface area (Å²) in [5.74, 6) is -0.448. The van der Waals surface area contributed by atoms with Crippen LogP contribution in [0.4, 0.5) is 5.69 Å². The summed E-state index contributed by atoms with van der Waals surface area (Å²) in [6.07, 6.45) is 4.91. The summed E-state index contributed by atoms with van der Waals surface area (Å²) in [5.41, 5.74) is 4.07. The molecule has 1 amide bonds. The number of amides is 1. The normalized spacial score (nSPS) is 15.1. The van der Waals surface area contributed by atoms with E-state index >= 15 is 0 Å². The molecule has 0 radical (unpaired) electrons. The molecule has 1 aromatic heterocycles. The van der Waals surface area contributed by atoms with E-state index in [1.54, 1.807) is 24.3 Å². The Bertz CT molecular complexity index is 1220. The summed E-state index contributed by atoms with van der Waals surface area (Å²) in [5, 5.41) is 3.63. The molecular formula is C24H21NO5. The van der Waals surface area contributed by atoms with Gasteiger partial charge in [-0.15, -0.1) is 0 Å². The maximum atomic E-state index is 12.6. The van der Waals surface area contributed by atoms with Crippen LogP contribution in [0.1, 0.15) is 46.3 Å². The third-order valence-electron chi connectivity index (χ3n) is 5.72. The van der Waals surface area contributed by atoms with Crippen LogP contribution in [-0.4, -0.2) is 11.9 Å². The lowest BCUT2D eigenvalue weighted by atomic mass is 10.0. The highest BCUT2D eigenvalue weighted by molar-refractivity contribution is 5.96. The van der Waals surface area contributed by atoms with Crippen molar-refractivity contribution in [3.8, 4) is 0 Å². The second-order valence-electron chi connectivity index (χ2n) is 7.98.